The predicted molar refractivity (Wildman–Crippen MR) is 102 cm³/mol. The Kier molecular flexibility index (Phi) is 6.79. The monoisotopic (exact) mass is 373 g/mol. The van der Waals surface area contributed by atoms with E-state index in [2.05, 4.69) is 4.99 Å². The van der Waals surface area contributed by atoms with Crippen LogP contribution >= 0.6 is 0 Å². The average molecular weight is 373 g/mol. The topological polar surface area (TPSA) is 55.5 Å². The first-order valence-electron chi connectivity index (χ1n) is 9.31. The zero-order valence-corrected chi connectivity index (χ0v) is 15.5. The minimum absolute atomic E-state index is 0.0974. The van der Waals surface area contributed by atoms with Crippen LogP contribution in [0, 0.1) is 5.82 Å². The van der Waals surface area contributed by atoms with Crippen LogP contribution in [0.4, 0.5) is 4.39 Å². The van der Waals surface area contributed by atoms with Crippen LogP contribution in [0.5, 0.6) is 11.5 Å². The van der Waals surface area contributed by atoms with Crippen molar-refractivity contribution in [3.8, 4) is 11.5 Å². The number of rotatable bonds is 7. The van der Waals surface area contributed by atoms with Gasteiger partial charge in [-0.15, -0.1) is 0 Å². The van der Waals surface area contributed by atoms with Crippen LogP contribution in [0.1, 0.15) is 24.1 Å². The summed E-state index contributed by atoms with van der Waals surface area (Å²) < 4.78 is 24.2. The highest BCUT2D eigenvalue weighted by Crippen LogP contribution is 2.28. The van der Waals surface area contributed by atoms with Crippen molar-refractivity contribution in [1.29, 1.82) is 0 Å². The van der Waals surface area contributed by atoms with Crippen LogP contribution in [0.2, 0.25) is 0 Å². The third-order valence-corrected chi connectivity index (χ3v) is 4.75. The lowest BCUT2D eigenvalue weighted by atomic mass is 10.0. The molecule has 2 aromatic rings. The summed E-state index contributed by atoms with van der Waals surface area (Å²) in [6, 6.07) is 12.1. The number of aromatic hydroxyl groups is 1. The van der Waals surface area contributed by atoms with Crippen LogP contribution < -0.4 is 9.64 Å². The normalized spacial score (nSPS) is 16.5. The molecule has 0 aromatic heterocycles. The van der Waals surface area contributed by atoms with Gasteiger partial charge in [0.25, 0.3) is 0 Å². The Morgan fingerprint density at radius 3 is 2.67 bits per heavy atom. The number of para-hydroxylation sites is 1. The molecule has 0 amide bonds. The number of ether oxygens (including phenoxy) is 2. The Labute approximate surface area is 159 Å². The first kappa shape index (κ1) is 19.3. The highest BCUT2D eigenvalue weighted by molar-refractivity contribution is 5.84. The number of phenols is 1. The van der Waals surface area contributed by atoms with Gasteiger partial charge >= 0.3 is 0 Å². The zero-order chi connectivity index (χ0) is 19.1. The molecule has 1 atom stereocenters. The van der Waals surface area contributed by atoms with Crippen molar-refractivity contribution in [3.05, 3.63) is 59.4 Å². The third kappa shape index (κ3) is 5.05. The first-order chi connectivity index (χ1) is 13.2. The fraction of sp³-hybridized carbons (Fsp3) is 0.381. The highest BCUT2D eigenvalue weighted by Gasteiger charge is 2.26. The molecule has 0 aliphatic carbocycles. The van der Waals surface area contributed by atoms with Crippen LogP contribution in [0.25, 0.3) is 0 Å². The first-order valence-corrected chi connectivity index (χ1v) is 9.31. The van der Waals surface area contributed by atoms with Crippen molar-refractivity contribution >= 4 is 6.21 Å². The number of nitrogens with one attached hydrogen (secondary N) is 1. The maximum absolute atomic E-state index is 13.3. The molecule has 0 radical (unpaired) electrons. The van der Waals surface area contributed by atoms with E-state index in [1.54, 1.807) is 18.3 Å². The number of quaternary nitrogens is 1. The number of hydrogen-bond donors (Lipinski definition) is 2. The van der Waals surface area contributed by atoms with Gasteiger partial charge in [0.15, 0.2) is 11.5 Å². The van der Waals surface area contributed by atoms with Crippen LogP contribution in [-0.4, -0.2) is 50.8 Å². The van der Waals surface area contributed by atoms with Gasteiger partial charge in [0.05, 0.1) is 26.4 Å². The molecule has 1 fully saturated rings. The summed E-state index contributed by atoms with van der Waals surface area (Å²) in [5, 5.41) is 10.3. The molecule has 2 N–H and O–H groups in total. The summed E-state index contributed by atoms with van der Waals surface area (Å²) in [7, 11) is 0. The SMILES string of the molecule is CCOc1cccc(C=NC[C@H](c2ccc(F)cc2)[NH+]2CCOCC2)c1O. The van der Waals surface area contributed by atoms with Crippen molar-refractivity contribution < 1.29 is 23.9 Å². The number of phenolic OH excluding ortho intramolecular Hbond substituents is 1. The van der Waals surface area contributed by atoms with Crippen molar-refractivity contribution in [2.45, 2.75) is 13.0 Å². The van der Waals surface area contributed by atoms with Gasteiger partial charge in [-0.05, 0) is 31.2 Å². The number of nitrogens with zero attached hydrogens (tertiary/aromatic N) is 1. The lowest BCUT2D eigenvalue weighted by molar-refractivity contribution is -0.937. The quantitative estimate of drug-likeness (QED) is 0.730. The minimum Gasteiger partial charge on any atom is -0.504 e. The van der Waals surface area contributed by atoms with E-state index in [0.717, 1.165) is 18.7 Å². The molecule has 1 saturated heterocycles. The Morgan fingerprint density at radius 2 is 1.96 bits per heavy atom. The second-order valence-corrected chi connectivity index (χ2v) is 6.50. The van der Waals surface area contributed by atoms with Gasteiger partial charge in [0, 0.05) is 17.3 Å². The summed E-state index contributed by atoms with van der Waals surface area (Å²) >= 11 is 0. The van der Waals surface area contributed by atoms with Gasteiger partial charge in [-0.3, -0.25) is 4.99 Å². The molecule has 1 aliphatic heterocycles. The largest absolute Gasteiger partial charge is 0.504 e. The molecule has 1 heterocycles. The second-order valence-electron chi connectivity index (χ2n) is 6.50. The second kappa shape index (κ2) is 9.48. The predicted octanol–water partition coefficient (Wildman–Crippen LogP) is 2.01. The molecule has 0 saturated carbocycles. The molecule has 0 bridgehead atoms. The lowest BCUT2D eigenvalue weighted by Crippen LogP contribution is -3.14. The van der Waals surface area contributed by atoms with E-state index in [1.807, 2.05) is 25.1 Å². The summed E-state index contributed by atoms with van der Waals surface area (Å²) in [6.07, 6.45) is 1.67. The Hall–Kier alpha value is -2.44. The Bertz CT molecular complexity index is 759. The van der Waals surface area contributed by atoms with E-state index in [1.165, 1.54) is 17.0 Å². The minimum atomic E-state index is -0.240. The van der Waals surface area contributed by atoms with Gasteiger partial charge in [-0.25, -0.2) is 4.39 Å². The number of aliphatic imine (C=N–C) groups is 1. The molecule has 0 spiro atoms. The third-order valence-electron chi connectivity index (χ3n) is 4.75. The van der Waals surface area contributed by atoms with E-state index in [-0.39, 0.29) is 17.6 Å². The number of morpholine rings is 1. The number of halogens is 1. The Morgan fingerprint density at radius 1 is 1.22 bits per heavy atom. The van der Waals surface area contributed by atoms with Gasteiger partial charge < -0.3 is 19.5 Å². The van der Waals surface area contributed by atoms with E-state index in [9.17, 15) is 9.50 Å². The smallest absolute Gasteiger partial charge is 0.166 e. The van der Waals surface area contributed by atoms with E-state index >= 15 is 0 Å². The molecule has 144 valence electrons. The van der Waals surface area contributed by atoms with E-state index in [0.29, 0.717) is 37.7 Å². The van der Waals surface area contributed by atoms with Gasteiger partial charge in [-0.1, -0.05) is 18.2 Å². The van der Waals surface area contributed by atoms with E-state index < -0.39 is 0 Å². The van der Waals surface area contributed by atoms with Gasteiger partial charge in [0.2, 0.25) is 0 Å². The van der Waals surface area contributed by atoms with Crippen LogP contribution in [0.15, 0.2) is 47.5 Å². The fourth-order valence-electron chi connectivity index (χ4n) is 3.32. The summed E-state index contributed by atoms with van der Waals surface area (Å²) in [5.41, 5.74) is 1.67. The number of benzene rings is 2. The van der Waals surface area contributed by atoms with Crippen molar-refractivity contribution in [1.82, 2.24) is 0 Å². The lowest BCUT2D eigenvalue weighted by Gasteiger charge is -2.31. The van der Waals surface area contributed by atoms with Gasteiger partial charge in [-0.2, -0.15) is 0 Å². The van der Waals surface area contributed by atoms with Crippen LogP contribution in [-0.2, 0) is 4.74 Å². The molecular weight excluding hydrogens is 347 g/mol. The zero-order valence-electron chi connectivity index (χ0n) is 15.5. The molecule has 1 aliphatic rings. The van der Waals surface area contributed by atoms with Crippen LogP contribution in [0.3, 0.4) is 0 Å². The van der Waals surface area contributed by atoms with E-state index in [4.69, 9.17) is 9.47 Å². The van der Waals surface area contributed by atoms with Crippen molar-refractivity contribution in [2.75, 3.05) is 39.5 Å². The molecule has 3 rings (SSSR count). The molecule has 5 nitrogen and oxygen atoms in total. The molecule has 27 heavy (non-hydrogen) atoms. The van der Waals surface area contributed by atoms with Crippen molar-refractivity contribution in [2.24, 2.45) is 4.99 Å². The number of hydrogen-bond acceptors (Lipinski definition) is 4. The van der Waals surface area contributed by atoms with Gasteiger partial charge in [0.1, 0.15) is 24.9 Å². The average Bonchev–Trinajstić information content (AvgIpc) is 2.70. The maximum atomic E-state index is 13.3. The highest BCUT2D eigenvalue weighted by atomic mass is 19.1. The Balaban J connectivity index is 1.77. The molecule has 2 aromatic carbocycles. The summed E-state index contributed by atoms with van der Waals surface area (Å²) in [5.74, 6) is 0.311. The summed E-state index contributed by atoms with van der Waals surface area (Å²) in [4.78, 5) is 5.95. The fourth-order valence-corrected chi connectivity index (χ4v) is 3.32. The molecule has 6 heteroatoms. The standard InChI is InChI=1S/C21H25FN2O3/c1-2-27-20-5-3-4-17(21(20)25)14-23-15-19(24-10-12-26-13-11-24)16-6-8-18(22)9-7-16/h3-9,14,19,25H,2,10-13,15H2,1H3/p+1/t19-/m1/s1. The maximum Gasteiger partial charge on any atom is 0.166 e. The molecular formula is C21H26FN2O3+. The molecule has 0 unspecified atom stereocenters. The summed E-state index contributed by atoms with van der Waals surface area (Å²) in [6.45, 7) is 6.12. The van der Waals surface area contributed by atoms with Crippen molar-refractivity contribution in [3.63, 3.8) is 0 Å².